The molecule has 0 aliphatic rings. The fraction of sp³-hybridized carbons (Fsp3) is 0.500. The van der Waals surface area contributed by atoms with Crippen LogP contribution in [0.15, 0.2) is 24.3 Å². The summed E-state index contributed by atoms with van der Waals surface area (Å²) < 4.78 is 0. The van der Waals surface area contributed by atoms with E-state index < -0.39 is 0 Å². The number of rotatable bonds is 4. The maximum atomic E-state index is 11.7. The van der Waals surface area contributed by atoms with Crippen molar-refractivity contribution in [1.82, 2.24) is 0 Å². The third-order valence-corrected chi connectivity index (χ3v) is 2.81. The van der Waals surface area contributed by atoms with E-state index in [2.05, 4.69) is 32.2 Å². The lowest BCUT2D eigenvalue weighted by Crippen LogP contribution is -2.18. The first-order chi connectivity index (χ1) is 7.95. The van der Waals surface area contributed by atoms with Gasteiger partial charge in [0.25, 0.3) is 0 Å². The molecule has 1 amide bonds. The normalized spacial score (nSPS) is 11.3. The molecule has 0 aliphatic carbocycles. The summed E-state index contributed by atoms with van der Waals surface area (Å²) in [5.74, 6) is 0.552. The topological polar surface area (TPSA) is 29.1 Å². The molecule has 1 aromatic carbocycles. The van der Waals surface area contributed by atoms with Gasteiger partial charge in [0.1, 0.15) is 0 Å². The Morgan fingerprint density at radius 2 is 1.94 bits per heavy atom. The molecule has 0 atom stereocenters. The molecule has 0 bridgehead atoms. The Morgan fingerprint density at radius 1 is 1.29 bits per heavy atom. The Labute approximate surface area is 108 Å². The monoisotopic (exact) mass is 253 g/mol. The minimum absolute atomic E-state index is 0.0242. The van der Waals surface area contributed by atoms with E-state index in [1.165, 1.54) is 0 Å². The molecule has 0 fully saturated rings. The standard InChI is InChI=1S/C14H20ClNO/c1-14(2,3)11-7-4-5-8-12(11)16-13(17)9-6-10-15/h4-5,7-8H,6,9-10H2,1-3H3,(H,16,17). The molecule has 0 aromatic heterocycles. The number of alkyl halides is 1. The van der Waals surface area contributed by atoms with Gasteiger partial charge in [-0.2, -0.15) is 0 Å². The molecule has 0 saturated heterocycles. The number of carbonyl (C=O) groups is 1. The van der Waals surface area contributed by atoms with Gasteiger partial charge in [-0.3, -0.25) is 4.79 Å². The number of amides is 1. The van der Waals surface area contributed by atoms with E-state index in [0.29, 0.717) is 18.7 Å². The predicted molar refractivity (Wildman–Crippen MR) is 73.7 cm³/mol. The van der Waals surface area contributed by atoms with E-state index in [9.17, 15) is 4.79 Å². The third kappa shape index (κ3) is 4.39. The predicted octanol–water partition coefficient (Wildman–Crippen LogP) is 3.94. The van der Waals surface area contributed by atoms with Crippen molar-refractivity contribution in [1.29, 1.82) is 0 Å². The van der Waals surface area contributed by atoms with Crippen LogP contribution in [-0.4, -0.2) is 11.8 Å². The molecular weight excluding hydrogens is 234 g/mol. The Balaban J connectivity index is 2.81. The van der Waals surface area contributed by atoms with Crippen LogP contribution >= 0.6 is 11.6 Å². The Kier molecular flexibility index (Phi) is 5.01. The van der Waals surface area contributed by atoms with E-state index >= 15 is 0 Å². The second kappa shape index (κ2) is 6.06. The highest BCUT2D eigenvalue weighted by Crippen LogP contribution is 2.29. The highest BCUT2D eigenvalue weighted by Gasteiger charge is 2.18. The Hall–Kier alpha value is -1.02. The van der Waals surface area contributed by atoms with Crippen molar-refractivity contribution >= 4 is 23.2 Å². The molecule has 2 nitrogen and oxygen atoms in total. The largest absolute Gasteiger partial charge is 0.326 e. The summed E-state index contributed by atoms with van der Waals surface area (Å²) in [6, 6.07) is 7.93. The van der Waals surface area contributed by atoms with Crippen LogP contribution in [0.4, 0.5) is 5.69 Å². The smallest absolute Gasteiger partial charge is 0.224 e. The minimum Gasteiger partial charge on any atom is -0.326 e. The molecule has 1 rings (SSSR count). The molecule has 17 heavy (non-hydrogen) atoms. The zero-order valence-electron chi connectivity index (χ0n) is 10.7. The molecule has 0 radical (unpaired) electrons. The van der Waals surface area contributed by atoms with Crippen molar-refractivity contribution < 1.29 is 4.79 Å². The first-order valence-electron chi connectivity index (χ1n) is 5.90. The van der Waals surface area contributed by atoms with E-state index in [0.717, 1.165) is 11.3 Å². The minimum atomic E-state index is 0.0242. The maximum Gasteiger partial charge on any atom is 0.224 e. The molecule has 1 aromatic rings. The first-order valence-corrected chi connectivity index (χ1v) is 6.44. The quantitative estimate of drug-likeness (QED) is 0.809. The summed E-state index contributed by atoms with van der Waals surface area (Å²) in [4.78, 5) is 11.7. The van der Waals surface area contributed by atoms with Crippen LogP contribution in [-0.2, 0) is 10.2 Å². The molecule has 0 aliphatic heterocycles. The lowest BCUT2D eigenvalue weighted by Gasteiger charge is -2.23. The van der Waals surface area contributed by atoms with Crippen LogP contribution in [0, 0.1) is 0 Å². The fourth-order valence-corrected chi connectivity index (χ4v) is 1.82. The highest BCUT2D eigenvalue weighted by atomic mass is 35.5. The average Bonchev–Trinajstić information content (AvgIpc) is 2.25. The maximum absolute atomic E-state index is 11.7. The van der Waals surface area contributed by atoms with Gasteiger partial charge >= 0.3 is 0 Å². The molecule has 1 N–H and O–H groups in total. The molecule has 0 saturated carbocycles. The van der Waals surface area contributed by atoms with Crippen LogP contribution in [0.3, 0.4) is 0 Å². The van der Waals surface area contributed by atoms with Crippen molar-refractivity contribution in [2.24, 2.45) is 0 Å². The van der Waals surface area contributed by atoms with Gasteiger partial charge in [0, 0.05) is 18.0 Å². The van der Waals surface area contributed by atoms with Crippen molar-refractivity contribution in [3.05, 3.63) is 29.8 Å². The van der Waals surface area contributed by atoms with Gasteiger partial charge in [-0.05, 0) is 23.5 Å². The lowest BCUT2D eigenvalue weighted by atomic mass is 9.86. The van der Waals surface area contributed by atoms with Crippen LogP contribution in [0.5, 0.6) is 0 Å². The van der Waals surface area contributed by atoms with Crippen molar-refractivity contribution in [3.8, 4) is 0 Å². The number of nitrogens with one attached hydrogen (secondary N) is 1. The summed E-state index contributed by atoms with van der Waals surface area (Å²) in [6.07, 6.45) is 1.19. The SMILES string of the molecule is CC(C)(C)c1ccccc1NC(=O)CCCCl. The van der Waals surface area contributed by atoms with Gasteiger partial charge in [-0.1, -0.05) is 39.0 Å². The molecular formula is C14H20ClNO. The number of benzene rings is 1. The van der Waals surface area contributed by atoms with E-state index in [4.69, 9.17) is 11.6 Å². The molecule has 3 heteroatoms. The van der Waals surface area contributed by atoms with Crippen LogP contribution in [0.1, 0.15) is 39.2 Å². The Morgan fingerprint density at radius 3 is 2.53 bits per heavy atom. The van der Waals surface area contributed by atoms with Crippen molar-refractivity contribution in [2.45, 2.75) is 39.0 Å². The van der Waals surface area contributed by atoms with E-state index in [1.54, 1.807) is 0 Å². The van der Waals surface area contributed by atoms with Crippen molar-refractivity contribution in [2.75, 3.05) is 11.2 Å². The molecule has 0 unspecified atom stereocenters. The molecule has 0 heterocycles. The fourth-order valence-electron chi connectivity index (χ4n) is 1.69. The number of para-hydroxylation sites is 1. The first kappa shape index (κ1) is 14.0. The van der Waals surface area contributed by atoms with Gasteiger partial charge in [0.05, 0.1) is 0 Å². The number of halogens is 1. The summed E-state index contributed by atoms with van der Waals surface area (Å²) in [5, 5.41) is 2.95. The summed E-state index contributed by atoms with van der Waals surface area (Å²) in [5.41, 5.74) is 2.08. The number of anilines is 1. The van der Waals surface area contributed by atoms with E-state index in [-0.39, 0.29) is 11.3 Å². The second-order valence-electron chi connectivity index (χ2n) is 5.14. The molecule has 0 spiro atoms. The molecule has 94 valence electrons. The van der Waals surface area contributed by atoms with Crippen LogP contribution in [0.25, 0.3) is 0 Å². The summed E-state index contributed by atoms with van der Waals surface area (Å²) in [6.45, 7) is 6.41. The zero-order chi connectivity index (χ0) is 12.9. The Bertz CT molecular complexity index is 382. The van der Waals surface area contributed by atoms with Gasteiger partial charge in [-0.15, -0.1) is 11.6 Å². The number of hydrogen-bond acceptors (Lipinski definition) is 1. The van der Waals surface area contributed by atoms with E-state index in [1.807, 2.05) is 18.2 Å². The average molecular weight is 254 g/mol. The summed E-state index contributed by atoms with van der Waals surface area (Å²) in [7, 11) is 0. The summed E-state index contributed by atoms with van der Waals surface area (Å²) >= 11 is 5.57. The van der Waals surface area contributed by atoms with Crippen LogP contribution < -0.4 is 5.32 Å². The second-order valence-corrected chi connectivity index (χ2v) is 5.51. The van der Waals surface area contributed by atoms with Crippen LogP contribution in [0.2, 0.25) is 0 Å². The number of carbonyl (C=O) groups excluding carboxylic acids is 1. The number of hydrogen-bond donors (Lipinski definition) is 1. The van der Waals surface area contributed by atoms with Crippen molar-refractivity contribution in [3.63, 3.8) is 0 Å². The zero-order valence-corrected chi connectivity index (χ0v) is 11.5. The van der Waals surface area contributed by atoms with Gasteiger partial charge < -0.3 is 5.32 Å². The highest BCUT2D eigenvalue weighted by molar-refractivity contribution is 6.18. The van der Waals surface area contributed by atoms with Gasteiger partial charge in [-0.25, -0.2) is 0 Å². The van der Waals surface area contributed by atoms with Gasteiger partial charge in [0.2, 0.25) is 5.91 Å². The lowest BCUT2D eigenvalue weighted by molar-refractivity contribution is -0.116. The van der Waals surface area contributed by atoms with Gasteiger partial charge in [0.15, 0.2) is 0 Å². The third-order valence-electron chi connectivity index (χ3n) is 2.55.